The van der Waals surface area contributed by atoms with Crippen LogP contribution >= 0.6 is 0 Å². The molecule has 0 bridgehead atoms. The molecular formula is C22H23N5O4. The fourth-order valence-corrected chi connectivity index (χ4v) is 3.89. The highest BCUT2D eigenvalue weighted by Gasteiger charge is 2.31. The highest BCUT2D eigenvalue weighted by molar-refractivity contribution is 5.88. The lowest BCUT2D eigenvalue weighted by molar-refractivity contribution is 0.0684. The number of aryl methyl sites for hydroxylation is 1. The number of aromatic carboxylic acids is 1. The van der Waals surface area contributed by atoms with Crippen molar-refractivity contribution in [3.8, 4) is 11.8 Å². The zero-order valence-corrected chi connectivity index (χ0v) is 17.7. The summed E-state index contributed by atoms with van der Waals surface area (Å²) in [7, 11) is 3.03. The minimum Gasteiger partial charge on any atom is -0.489 e. The van der Waals surface area contributed by atoms with Gasteiger partial charge in [0.25, 0.3) is 5.56 Å². The Labute approximate surface area is 179 Å². The summed E-state index contributed by atoms with van der Waals surface area (Å²) in [6.45, 7) is 3.92. The predicted octanol–water partition coefficient (Wildman–Crippen LogP) is 2.51. The van der Waals surface area contributed by atoms with Gasteiger partial charge in [0, 0.05) is 31.6 Å². The minimum absolute atomic E-state index is 0.279. The van der Waals surface area contributed by atoms with Crippen molar-refractivity contribution in [2.24, 2.45) is 7.05 Å². The Morgan fingerprint density at radius 3 is 2.61 bits per heavy atom. The van der Waals surface area contributed by atoms with Crippen LogP contribution in [0.5, 0.6) is 5.75 Å². The lowest BCUT2D eigenvalue weighted by Crippen LogP contribution is -2.31. The second-order valence-corrected chi connectivity index (χ2v) is 7.12. The fraction of sp³-hybridized carbons (Fsp3) is 0.318. The number of hydrogen-bond acceptors (Lipinski definition) is 6. The van der Waals surface area contributed by atoms with Crippen LogP contribution in [0.25, 0.3) is 0 Å². The van der Waals surface area contributed by atoms with Crippen LogP contribution in [0.4, 0.5) is 0 Å². The molecule has 0 saturated carbocycles. The van der Waals surface area contributed by atoms with Crippen molar-refractivity contribution in [2.75, 3.05) is 7.11 Å². The van der Waals surface area contributed by atoms with E-state index < -0.39 is 23.1 Å². The van der Waals surface area contributed by atoms with Gasteiger partial charge in [0.05, 0.1) is 24.9 Å². The maximum Gasteiger partial charge on any atom is 0.358 e. The lowest BCUT2D eigenvalue weighted by atomic mass is 9.80. The van der Waals surface area contributed by atoms with Gasteiger partial charge >= 0.3 is 5.97 Å². The number of ether oxygens (including phenoxy) is 1. The second-order valence-electron chi connectivity index (χ2n) is 7.12. The fourth-order valence-electron chi connectivity index (χ4n) is 3.89. The summed E-state index contributed by atoms with van der Waals surface area (Å²) >= 11 is 0. The van der Waals surface area contributed by atoms with Gasteiger partial charge in [0.1, 0.15) is 5.82 Å². The Hall–Kier alpha value is -3.93. The number of methoxy groups -OCH3 is 1. The van der Waals surface area contributed by atoms with Crippen LogP contribution in [-0.2, 0) is 13.6 Å². The van der Waals surface area contributed by atoms with Crippen molar-refractivity contribution in [1.29, 1.82) is 5.26 Å². The molecule has 0 amide bonds. The number of rotatable bonds is 7. The Kier molecular flexibility index (Phi) is 6.20. The van der Waals surface area contributed by atoms with Crippen LogP contribution < -0.4 is 10.3 Å². The summed E-state index contributed by atoms with van der Waals surface area (Å²) < 4.78 is 8.12. The molecule has 9 heteroatoms. The van der Waals surface area contributed by atoms with Crippen LogP contribution in [0.3, 0.4) is 0 Å². The average Bonchev–Trinajstić information content (AvgIpc) is 3.18. The summed E-state index contributed by atoms with van der Waals surface area (Å²) in [6.07, 6.45) is 3.54. The number of aromatic nitrogens is 4. The van der Waals surface area contributed by atoms with E-state index in [9.17, 15) is 20.0 Å². The van der Waals surface area contributed by atoms with Crippen molar-refractivity contribution < 1.29 is 14.6 Å². The molecule has 2 unspecified atom stereocenters. The number of carboxylic acid groups (broad SMARTS) is 1. The highest BCUT2D eigenvalue weighted by Crippen LogP contribution is 2.39. The third-order valence-electron chi connectivity index (χ3n) is 5.29. The van der Waals surface area contributed by atoms with Gasteiger partial charge in [-0.2, -0.15) is 10.4 Å². The largest absolute Gasteiger partial charge is 0.489 e. The molecule has 0 aliphatic rings. The van der Waals surface area contributed by atoms with Crippen LogP contribution in [-0.4, -0.2) is 37.5 Å². The smallest absolute Gasteiger partial charge is 0.358 e. The molecular weight excluding hydrogens is 398 g/mol. The van der Waals surface area contributed by atoms with Gasteiger partial charge in [-0.3, -0.25) is 14.0 Å². The van der Waals surface area contributed by atoms with E-state index in [4.69, 9.17) is 4.74 Å². The molecule has 0 spiro atoms. The molecule has 0 fully saturated rings. The van der Waals surface area contributed by atoms with E-state index in [1.807, 2.05) is 25.3 Å². The Balaban J connectivity index is 2.30. The first kappa shape index (κ1) is 21.8. The Morgan fingerprint density at radius 2 is 2.06 bits per heavy atom. The Bertz CT molecular complexity index is 1220. The molecule has 0 saturated heterocycles. The van der Waals surface area contributed by atoms with E-state index in [-0.39, 0.29) is 18.2 Å². The molecule has 3 rings (SSSR count). The number of nitrogens with zero attached hydrogens (tertiary/aromatic N) is 5. The van der Waals surface area contributed by atoms with Crippen molar-refractivity contribution in [2.45, 2.75) is 32.2 Å². The molecule has 2 aromatic heterocycles. The SMILES string of the molecule is CCn1c(C(C)C(c2cnn(C)c2)c2ccccc2C#N)nc(C(=O)O)c(OC)c1=O. The van der Waals surface area contributed by atoms with Gasteiger partial charge < -0.3 is 9.84 Å². The van der Waals surface area contributed by atoms with Gasteiger partial charge in [0.15, 0.2) is 5.69 Å². The molecule has 0 radical (unpaired) electrons. The molecule has 1 aromatic carbocycles. The molecule has 0 aliphatic carbocycles. The van der Waals surface area contributed by atoms with E-state index >= 15 is 0 Å². The van der Waals surface area contributed by atoms with Gasteiger partial charge in [-0.05, 0) is 24.1 Å². The van der Waals surface area contributed by atoms with Gasteiger partial charge in [-0.25, -0.2) is 9.78 Å². The quantitative estimate of drug-likeness (QED) is 0.622. The third-order valence-corrected chi connectivity index (χ3v) is 5.29. The molecule has 0 aliphatic heterocycles. The summed E-state index contributed by atoms with van der Waals surface area (Å²) in [5.74, 6) is -2.19. The standard InChI is InChI=1S/C22H23N5O4/c1-5-27-20(25-18(22(29)30)19(31-4)21(27)28)13(2)17(15-11-24-26(3)12-15)16-9-7-6-8-14(16)10-23/h6-9,11-13,17H,5H2,1-4H3,(H,29,30). The zero-order chi connectivity index (χ0) is 22.7. The first-order valence-corrected chi connectivity index (χ1v) is 9.73. The van der Waals surface area contributed by atoms with E-state index in [1.165, 1.54) is 11.7 Å². The molecule has 31 heavy (non-hydrogen) atoms. The number of benzene rings is 1. The molecule has 160 valence electrons. The lowest BCUT2D eigenvalue weighted by Gasteiger charge is -2.26. The van der Waals surface area contributed by atoms with Crippen LogP contribution in [0.15, 0.2) is 41.5 Å². The van der Waals surface area contributed by atoms with Gasteiger partial charge in [0.2, 0.25) is 5.75 Å². The van der Waals surface area contributed by atoms with Gasteiger partial charge in [-0.15, -0.1) is 0 Å². The predicted molar refractivity (Wildman–Crippen MR) is 112 cm³/mol. The van der Waals surface area contributed by atoms with Crippen molar-refractivity contribution in [3.05, 3.63) is 75.2 Å². The minimum atomic E-state index is -1.35. The maximum absolute atomic E-state index is 13.0. The number of hydrogen-bond donors (Lipinski definition) is 1. The van der Waals surface area contributed by atoms with Crippen LogP contribution in [0, 0.1) is 11.3 Å². The molecule has 3 aromatic rings. The van der Waals surface area contributed by atoms with E-state index in [0.29, 0.717) is 11.4 Å². The van der Waals surface area contributed by atoms with Crippen LogP contribution in [0.2, 0.25) is 0 Å². The van der Waals surface area contributed by atoms with Crippen LogP contribution in [0.1, 0.15) is 58.7 Å². The maximum atomic E-state index is 13.0. The monoisotopic (exact) mass is 421 g/mol. The third kappa shape index (κ3) is 3.92. The second kappa shape index (κ2) is 8.83. The summed E-state index contributed by atoms with van der Waals surface area (Å²) in [6, 6.07) is 9.41. The molecule has 9 nitrogen and oxygen atoms in total. The topological polar surface area (TPSA) is 123 Å². The molecule has 1 N–H and O–H groups in total. The summed E-state index contributed by atoms with van der Waals surface area (Å²) in [4.78, 5) is 29.1. The molecule has 2 heterocycles. The summed E-state index contributed by atoms with van der Waals surface area (Å²) in [5, 5.41) is 23.5. The molecule has 2 atom stereocenters. The average molecular weight is 421 g/mol. The zero-order valence-electron chi connectivity index (χ0n) is 17.7. The van der Waals surface area contributed by atoms with E-state index in [0.717, 1.165) is 11.1 Å². The normalized spacial score (nSPS) is 12.7. The van der Waals surface area contributed by atoms with Crippen molar-refractivity contribution in [1.82, 2.24) is 19.3 Å². The van der Waals surface area contributed by atoms with E-state index in [2.05, 4.69) is 16.2 Å². The van der Waals surface area contributed by atoms with Gasteiger partial charge in [-0.1, -0.05) is 25.1 Å². The first-order valence-electron chi connectivity index (χ1n) is 9.73. The van der Waals surface area contributed by atoms with Crippen molar-refractivity contribution >= 4 is 5.97 Å². The number of nitriles is 1. The Morgan fingerprint density at radius 1 is 1.35 bits per heavy atom. The number of carboxylic acids is 1. The number of carbonyl (C=O) groups is 1. The highest BCUT2D eigenvalue weighted by atomic mass is 16.5. The van der Waals surface area contributed by atoms with E-state index in [1.54, 1.807) is 37.0 Å². The first-order chi connectivity index (χ1) is 14.8. The van der Waals surface area contributed by atoms with Crippen molar-refractivity contribution in [3.63, 3.8) is 0 Å². The summed E-state index contributed by atoms with van der Waals surface area (Å²) in [5.41, 5.74) is 1.06.